The first-order valence-electron chi connectivity index (χ1n) is 8.16. The van der Waals surface area contributed by atoms with Gasteiger partial charge in [-0.15, -0.1) is 0 Å². The molecule has 0 radical (unpaired) electrons. The van der Waals surface area contributed by atoms with Gasteiger partial charge in [-0.25, -0.2) is 4.79 Å². The van der Waals surface area contributed by atoms with Crippen molar-refractivity contribution in [3.63, 3.8) is 0 Å². The molecule has 2 rings (SSSR count). The van der Waals surface area contributed by atoms with Crippen LogP contribution in [0.1, 0.15) is 43.2 Å². The van der Waals surface area contributed by atoms with Crippen molar-refractivity contribution in [3.05, 3.63) is 41.5 Å². The summed E-state index contributed by atoms with van der Waals surface area (Å²) in [5, 5.41) is 2.82. The Morgan fingerprint density at radius 1 is 1.12 bits per heavy atom. The summed E-state index contributed by atoms with van der Waals surface area (Å²) < 4.78 is 42.2. The number of benzene rings is 1. The maximum Gasteiger partial charge on any atom is 0.416 e. The smallest absolute Gasteiger partial charge is 0.416 e. The van der Waals surface area contributed by atoms with Crippen molar-refractivity contribution in [1.82, 2.24) is 5.32 Å². The molecule has 1 aromatic rings. The van der Waals surface area contributed by atoms with Crippen LogP contribution >= 0.6 is 0 Å². The van der Waals surface area contributed by atoms with Crippen molar-refractivity contribution in [2.45, 2.75) is 44.3 Å². The van der Waals surface area contributed by atoms with E-state index in [1.165, 1.54) is 24.6 Å². The highest BCUT2D eigenvalue weighted by molar-refractivity contribution is 5.89. The molecule has 1 saturated carbocycles. The van der Waals surface area contributed by atoms with Gasteiger partial charge in [0.2, 0.25) is 0 Å². The minimum Gasteiger partial charge on any atom is -0.452 e. The van der Waals surface area contributed by atoms with Gasteiger partial charge in [-0.1, -0.05) is 31.4 Å². The minimum absolute atomic E-state index is 0.141. The average Bonchev–Trinajstić information content (AvgIpc) is 2.58. The first kappa shape index (κ1) is 19.0. The number of carbonyl (C=O) groups is 2. The van der Waals surface area contributed by atoms with Crippen LogP contribution in [0.5, 0.6) is 0 Å². The Morgan fingerprint density at radius 2 is 1.76 bits per heavy atom. The first-order valence-corrected chi connectivity index (χ1v) is 8.16. The van der Waals surface area contributed by atoms with E-state index in [2.05, 4.69) is 5.32 Å². The zero-order chi connectivity index (χ0) is 18.3. The number of nitrogens with one attached hydrogen (secondary N) is 1. The monoisotopic (exact) mass is 355 g/mol. The maximum absolute atomic E-state index is 12.4. The number of carbonyl (C=O) groups excluding carboxylic acids is 2. The van der Waals surface area contributed by atoms with Gasteiger partial charge in [0.05, 0.1) is 5.56 Å². The van der Waals surface area contributed by atoms with Crippen LogP contribution in [0.3, 0.4) is 0 Å². The fraction of sp³-hybridized carbons (Fsp3) is 0.444. The van der Waals surface area contributed by atoms with Crippen LogP contribution in [-0.4, -0.2) is 24.5 Å². The van der Waals surface area contributed by atoms with E-state index in [4.69, 9.17) is 4.74 Å². The summed E-state index contributed by atoms with van der Waals surface area (Å²) in [4.78, 5) is 23.3. The van der Waals surface area contributed by atoms with Gasteiger partial charge in [0.15, 0.2) is 6.61 Å². The Hall–Kier alpha value is -2.31. The quantitative estimate of drug-likeness (QED) is 0.647. The number of ether oxygens (including phenoxy) is 1. The fourth-order valence-electron chi connectivity index (χ4n) is 2.65. The largest absolute Gasteiger partial charge is 0.452 e. The molecular formula is C18H20F3NO3. The summed E-state index contributed by atoms with van der Waals surface area (Å²) in [5.41, 5.74) is -0.330. The molecule has 0 atom stereocenters. The van der Waals surface area contributed by atoms with E-state index in [1.54, 1.807) is 0 Å². The lowest BCUT2D eigenvalue weighted by Gasteiger charge is -2.22. The Bertz CT molecular complexity index is 617. The van der Waals surface area contributed by atoms with Crippen molar-refractivity contribution >= 4 is 18.0 Å². The van der Waals surface area contributed by atoms with Crippen LogP contribution < -0.4 is 5.32 Å². The van der Waals surface area contributed by atoms with E-state index in [-0.39, 0.29) is 18.6 Å². The van der Waals surface area contributed by atoms with Crippen LogP contribution in [0.15, 0.2) is 30.3 Å². The van der Waals surface area contributed by atoms with Gasteiger partial charge in [-0.3, -0.25) is 4.79 Å². The summed E-state index contributed by atoms with van der Waals surface area (Å²) in [7, 11) is 0. The van der Waals surface area contributed by atoms with E-state index < -0.39 is 17.7 Å². The summed E-state index contributed by atoms with van der Waals surface area (Å²) in [6, 6.07) is 4.51. The molecule has 0 aromatic heterocycles. The van der Waals surface area contributed by atoms with Gasteiger partial charge in [-0.05, 0) is 36.6 Å². The normalized spacial score (nSPS) is 16.0. The second kappa shape index (κ2) is 8.69. The van der Waals surface area contributed by atoms with E-state index in [9.17, 15) is 22.8 Å². The van der Waals surface area contributed by atoms with Crippen LogP contribution in [0, 0.1) is 0 Å². The van der Waals surface area contributed by atoms with E-state index in [0.29, 0.717) is 5.56 Å². The van der Waals surface area contributed by atoms with E-state index in [0.717, 1.165) is 43.9 Å². The predicted molar refractivity (Wildman–Crippen MR) is 86.5 cm³/mol. The third kappa shape index (κ3) is 6.60. The van der Waals surface area contributed by atoms with E-state index in [1.807, 2.05) is 0 Å². The Kier molecular flexibility index (Phi) is 6.61. The van der Waals surface area contributed by atoms with Crippen LogP contribution in [0.2, 0.25) is 0 Å². The molecule has 0 spiro atoms. The summed E-state index contributed by atoms with van der Waals surface area (Å²) in [6.07, 6.45) is 3.24. The molecule has 136 valence electrons. The lowest BCUT2D eigenvalue weighted by Crippen LogP contribution is -2.38. The number of hydrogen-bond donors (Lipinski definition) is 1. The Balaban J connectivity index is 1.75. The highest BCUT2D eigenvalue weighted by Gasteiger charge is 2.29. The highest BCUT2D eigenvalue weighted by Crippen LogP contribution is 2.29. The fourth-order valence-corrected chi connectivity index (χ4v) is 2.65. The van der Waals surface area contributed by atoms with Crippen molar-refractivity contribution < 1.29 is 27.5 Å². The van der Waals surface area contributed by atoms with Crippen molar-refractivity contribution in [2.24, 2.45) is 0 Å². The Labute approximate surface area is 144 Å². The number of halogens is 3. The van der Waals surface area contributed by atoms with Gasteiger partial charge >= 0.3 is 12.1 Å². The number of hydrogen-bond acceptors (Lipinski definition) is 3. The molecule has 0 saturated heterocycles. The average molecular weight is 355 g/mol. The van der Waals surface area contributed by atoms with Gasteiger partial charge in [0, 0.05) is 12.1 Å². The highest BCUT2D eigenvalue weighted by atomic mass is 19.4. The molecule has 1 fully saturated rings. The van der Waals surface area contributed by atoms with Crippen molar-refractivity contribution in [1.29, 1.82) is 0 Å². The van der Waals surface area contributed by atoms with Gasteiger partial charge in [0.1, 0.15) is 0 Å². The second-order valence-electron chi connectivity index (χ2n) is 5.96. The predicted octanol–water partition coefficient (Wildman–Crippen LogP) is 3.71. The number of rotatable bonds is 5. The van der Waals surface area contributed by atoms with Crippen LogP contribution in [-0.2, 0) is 20.5 Å². The number of amides is 1. The molecular weight excluding hydrogens is 335 g/mol. The van der Waals surface area contributed by atoms with Gasteiger partial charge < -0.3 is 10.1 Å². The van der Waals surface area contributed by atoms with Crippen molar-refractivity contribution in [2.75, 3.05) is 6.61 Å². The molecule has 0 bridgehead atoms. The molecule has 4 nitrogen and oxygen atoms in total. The zero-order valence-corrected chi connectivity index (χ0v) is 13.6. The summed E-state index contributed by atoms with van der Waals surface area (Å²) >= 11 is 0. The molecule has 7 heteroatoms. The van der Waals surface area contributed by atoms with Crippen LogP contribution in [0.25, 0.3) is 6.08 Å². The number of alkyl halides is 3. The lowest BCUT2D eigenvalue weighted by atomic mass is 9.95. The first-order chi connectivity index (χ1) is 11.8. The third-order valence-corrected chi connectivity index (χ3v) is 3.97. The molecule has 0 heterocycles. The second-order valence-corrected chi connectivity index (χ2v) is 5.96. The molecule has 1 aliphatic rings. The summed E-state index contributed by atoms with van der Waals surface area (Å²) in [5.74, 6) is -1.07. The molecule has 1 N–H and O–H groups in total. The summed E-state index contributed by atoms with van der Waals surface area (Å²) in [6.45, 7) is -0.368. The molecule has 1 aromatic carbocycles. The maximum atomic E-state index is 12.4. The van der Waals surface area contributed by atoms with Gasteiger partial charge in [0.25, 0.3) is 5.91 Å². The van der Waals surface area contributed by atoms with E-state index >= 15 is 0 Å². The Morgan fingerprint density at radius 3 is 2.36 bits per heavy atom. The lowest BCUT2D eigenvalue weighted by molar-refractivity contribution is -0.144. The standard InChI is InChI=1S/C18H20F3NO3/c19-18(20,21)14-9-6-13(7-10-14)8-11-17(24)25-12-16(23)22-15-4-2-1-3-5-15/h6-11,15H,1-5,12H2,(H,22,23). The molecule has 1 aliphatic carbocycles. The van der Waals surface area contributed by atoms with Crippen LogP contribution in [0.4, 0.5) is 13.2 Å². The van der Waals surface area contributed by atoms with Crippen molar-refractivity contribution in [3.8, 4) is 0 Å². The topological polar surface area (TPSA) is 55.4 Å². The molecule has 0 aliphatic heterocycles. The molecule has 1 amide bonds. The minimum atomic E-state index is -4.40. The zero-order valence-electron chi connectivity index (χ0n) is 13.6. The molecule has 25 heavy (non-hydrogen) atoms. The number of esters is 1. The third-order valence-electron chi connectivity index (χ3n) is 3.97. The molecule has 0 unspecified atom stereocenters. The van der Waals surface area contributed by atoms with Gasteiger partial charge in [-0.2, -0.15) is 13.2 Å². The SMILES string of the molecule is O=C(COC(=O)C=Cc1ccc(C(F)(F)F)cc1)NC1CCCCC1.